The van der Waals surface area contributed by atoms with Crippen molar-refractivity contribution in [1.82, 2.24) is 9.55 Å². The van der Waals surface area contributed by atoms with Gasteiger partial charge in [-0.3, -0.25) is 10.1 Å². The molecule has 1 saturated carbocycles. The molecule has 5 rings (SSSR count). The quantitative estimate of drug-likeness (QED) is 0.567. The zero-order valence-corrected chi connectivity index (χ0v) is 18.2. The Kier molecular flexibility index (Phi) is 5.12. The van der Waals surface area contributed by atoms with E-state index in [0.717, 1.165) is 19.3 Å². The molecule has 1 aromatic heterocycles. The molecule has 0 bridgehead atoms. The predicted octanol–water partition coefficient (Wildman–Crippen LogP) is 4.59. The maximum absolute atomic E-state index is 15.5. The number of hydrogen-bond acceptors (Lipinski definition) is 4. The third-order valence-electron chi connectivity index (χ3n) is 6.55. The summed E-state index contributed by atoms with van der Waals surface area (Å²) in [4.78, 5) is 18.6. The van der Waals surface area contributed by atoms with E-state index in [-0.39, 0.29) is 29.6 Å². The molecule has 1 saturated heterocycles. The van der Waals surface area contributed by atoms with E-state index >= 15 is 4.39 Å². The number of rotatable bonds is 6. The van der Waals surface area contributed by atoms with E-state index < -0.39 is 36.3 Å². The summed E-state index contributed by atoms with van der Waals surface area (Å²) in [6, 6.07) is 11.9. The molecule has 1 aliphatic heterocycles. The fourth-order valence-electron chi connectivity index (χ4n) is 4.53. The molecule has 2 aliphatic rings. The molecule has 0 unspecified atom stereocenters. The molecule has 3 aromatic rings. The van der Waals surface area contributed by atoms with Crippen LogP contribution in [0.5, 0.6) is 0 Å². The number of nitrogens with zero attached hydrogens (tertiary/aromatic N) is 3. The predicted molar refractivity (Wildman–Crippen MR) is 119 cm³/mol. The van der Waals surface area contributed by atoms with Crippen LogP contribution in [-0.4, -0.2) is 39.6 Å². The van der Waals surface area contributed by atoms with Crippen molar-refractivity contribution in [2.24, 2.45) is 0 Å². The van der Waals surface area contributed by atoms with Crippen LogP contribution in [0.25, 0.3) is 11.0 Å². The molecule has 1 aliphatic carbocycles. The fraction of sp³-hybridized carbons (Fsp3) is 0.417. The Balaban J connectivity index is 1.45. The Morgan fingerprint density at radius 2 is 1.91 bits per heavy atom. The molecule has 0 spiro atoms. The maximum Gasteiger partial charge on any atom is 0.282 e. The summed E-state index contributed by atoms with van der Waals surface area (Å²) in [5.74, 6) is -3.68. The van der Waals surface area contributed by atoms with E-state index in [9.17, 15) is 18.7 Å². The average Bonchev–Trinajstić information content (AvgIpc) is 3.04. The molecule has 1 amide bonds. The Hall–Kier alpha value is -3.07. The average molecular weight is 458 g/mol. The van der Waals surface area contributed by atoms with Crippen LogP contribution in [-0.2, 0) is 10.4 Å². The first-order valence-corrected chi connectivity index (χ1v) is 11.1. The lowest BCUT2D eigenvalue weighted by atomic mass is 9.92. The van der Waals surface area contributed by atoms with E-state index in [1.165, 1.54) is 11.0 Å². The topological polar surface area (TPSA) is 70.4 Å². The largest absolute Gasteiger partial charge is 0.385 e. The van der Waals surface area contributed by atoms with Gasteiger partial charge in [0.25, 0.3) is 5.92 Å². The molecular formula is C24H25F3N4O2. The molecule has 2 N–H and O–H groups in total. The number of amides is 1. The van der Waals surface area contributed by atoms with E-state index in [1.807, 2.05) is 6.07 Å². The van der Waals surface area contributed by atoms with Crippen LogP contribution in [0, 0.1) is 5.82 Å². The van der Waals surface area contributed by atoms with Crippen molar-refractivity contribution in [2.45, 2.75) is 50.2 Å². The van der Waals surface area contributed by atoms with Crippen molar-refractivity contribution in [1.29, 1.82) is 0 Å². The molecule has 2 aromatic carbocycles. The highest BCUT2D eigenvalue weighted by molar-refractivity contribution is 5.93. The summed E-state index contributed by atoms with van der Waals surface area (Å²) in [5, 5.41) is 13.6. The van der Waals surface area contributed by atoms with Gasteiger partial charge in [0, 0.05) is 6.04 Å². The van der Waals surface area contributed by atoms with Gasteiger partial charge in [-0.15, -0.1) is 0 Å². The lowest BCUT2D eigenvalue weighted by Gasteiger charge is -2.40. The van der Waals surface area contributed by atoms with Gasteiger partial charge in [-0.05, 0) is 43.9 Å². The number of halogens is 3. The van der Waals surface area contributed by atoms with Crippen molar-refractivity contribution in [3.05, 3.63) is 53.8 Å². The van der Waals surface area contributed by atoms with Gasteiger partial charge < -0.3 is 14.6 Å². The lowest BCUT2D eigenvalue weighted by molar-refractivity contribution is -0.120. The van der Waals surface area contributed by atoms with Gasteiger partial charge in [0.15, 0.2) is 5.82 Å². The number of imidazole rings is 1. The van der Waals surface area contributed by atoms with Gasteiger partial charge in [-0.25, -0.2) is 18.2 Å². The summed E-state index contributed by atoms with van der Waals surface area (Å²) in [7, 11) is 0. The minimum atomic E-state index is -2.82. The number of aromatic nitrogens is 2. The summed E-state index contributed by atoms with van der Waals surface area (Å²) in [6.07, 6.45) is 2.38. The van der Waals surface area contributed by atoms with E-state index in [1.54, 1.807) is 41.8 Å². The summed E-state index contributed by atoms with van der Waals surface area (Å²) in [5.41, 5.74) is -0.119. The molecule has 1 atom stereocenters. The standard InChI is InChI=1S/C24H25F3N4O2/c1-23(33,15-6-3-2-4-7-15)12-19(32)29-22-28-17-10-11-18(30-13-24(26,27)14-30)20(25)21(17)31(22)16-8-5-9-16/h2-4,6-7,10-11,16,33H,5,8-9,12-14H2,1H3,(H,28,29,32)/t23-/m1/s1. The highest BCUT2D eigenvalue weighted by Gasteiger charge is 2.45. The van der Waals surface area contributed by atoms with Crippen LogP contribution in [0.4, 0.5) is 24.8 Å². The van der Waals surface area contributed by atoms with Gasteiger partial charge in [0.2, 0.25) is 11.9 Å². The Labute approximate surface area is 189 Å². The van der Waals surface area contributed by atoms with E-state index in [0.29, 0.717) is 11.1 Å². The van der Waals surface area contributed by atoms with Crippen LogP contribution in [0.15, 0.2) is 42.5 Å². The van der Waals surface area contributed by atoms with E-state index in [2.05, 4.69) is 10.3 Å². The summed E-state index contributed by atoms with van der Waals surface area (Å²) >= 11 is 0. The molecular weight excluding hydrogens is 433 g/mol. The highest BCUT2D eigenvalue weighted by Crippen LogP contribution is 2.41. The fourth-order valence-corrected chi connectivity index (χ4v) is 4.53. The first kappa shape index (κ1) is 21.8. The summed E-state index contributed by atoms with van der Waals surface area (Å²) < 4.78 is 43.9. The van der Waals surface area contributed by atoms with Crippen molar-refractivity contribution >= 4 is 28.6 Å². The molecule has 33 heavy (non-hydrogen) atoms. The number of fused-ring (bicyclic) bond motifs is 1. The Morgan fingerprint density at radius 1 is 1.21 bits per heavy atom. The normalized spacial score (nSPS) is 19.6. The van der Waals surface area contributed by atoms with Gasteiger partial charge in [-0.1, -0.05) is 30.3 Å². The maximum atomic E-state index is 15.5. The zero-order valence-electron chi connectivity index (χ0n) is 18.2. The number of anilines is 2. The van der Waals surface area contributed by atoms with E-state index in [4.69, 9.17) is 0 Å². The first-order valence-electron chi connectivity index (χ1n) is 11.1. The monoisotopic (exact) mass is 458 g/mol. The molecule has 0 radical (unpaired) electrons. The van der Waals surface area contributed by atoms with Gasteiger partial charge >= 0.3 is 0 Å². The van der Waals surface area contributed by atoms with Crippen molar-refractivity contribution in [2.75, 3.05) is 23.3 Å². The third kappa shape index (κ3) is 3.94. The summed E-state index contributed by atoms with van der Waals surface area (Å²) in [6.45, 7) is 0.516. The highest BCUT2D eigenvalue weighted by atomic mass is 19.3. The Bertz CT molecular complexity index is 1200. The Morgan fingerprint density at radius 3 is 2.52 bits per heavy atom. The number of hydrogen-bond donors (Lipinski definition) is 2. The van der Waals surface area contributed by atoms with Crippen LogP contribution >= 0.6 is 0 Å². The van der Waals surface area contributed by atoms with Crippen LogP contribution < -0.4 is 10.2 Å². The van der Waals surface area contributed by atoms with Crippen molar-refractivity contribution in [3.63, 3.8) is 0 Å². The minimum Gasteiger partial charge on any atom is -0.385 e. The minimum absolute atomic E-state index is 0.0393. The van der Waals surface area contributed by atoms with Crippen molar-refractivity contribution in [3.8, 4) is 0 Å². The SMILES string of the molecule is C[C@@](O)(CC(=O)Nc1nc2ccc(N3CC(F)(F)C3)c(F)c2n1C1CCC1)c1ccccc1. The van der Waals surface area contributed by atoms with Crippen LogP contribution in [0.1, 0.15) is 44.2 Å². The number of carbonyl (C=O) groups excluding carboxylic acids is 1. The van der Waals surface area contributed by atoms with Gasteiger partial charge in [0.05, 0.1) is 36.3 Å². The lowest BCUT2D eigenvalue weighted by Crippen LogP contribution is -2.56. The second kappa shape index (κ2) is 7.76. The number of benzene rings is 2. The number of alkyl halides is 2. The molecule has 2 heterocycles. The molecule has 174 valence electrons. The zero-order chi connectivity index (χ0) is 23.4. The van der Waals surface area contributed by atoms with Crippen LogP contribution in [0.3, 0.4) is 0 Å². The number of nitrogens with one attached hydrogen (secondary N) is 1. The van der Waals surface area contributed by atoms with Crippen LogP contribution in [0.2, 0.25) is 0 Å². The number of carbonyl (C=O) groups is 1. The smallest absolute Gasteiger partial charge is 0.282 e. The third-order valence-corrected chi connectivity index (χ3v) is 6.55. The first-order chi connectivity index (χ1) is 15.6. The molecule has 9 heteroatoms. The van der Waals surface area contributed by atoms with Crippen molar-refractivity contribution < 1.29 is 23.1 Å². The van der Waals surface area contributed by atoms with Gasteiger partial charge in [-0.2, -0.15) is 0 Å². The number of aliphatic hydroxyl groups is 1. The molecule has 2 fully saturated rings. The van der Waals surface area contributed by atoms with Gasteiger partial charge in [0.1, 0.15) is 5.52 Å². The second-order valence-electron chi connectivity index (χ2n) is 9.23. The molecule has 6 nitrogen and oxygen atoms in total. The second-order valence-corrected chi connectivity index (χ2v) is 9.23.